The van der Waals surface area contributed by atoms with Crippen LogP contribution in [0.4, 0.5) is 4.39 Å². The van der Waals surface area contributed by atoms with Gasteiger partial charge in [-0.1, -0.05) is 12.1 Å². The van der Waals surface area contributed by atoms with Crippen molar-refractivity contribution in [2.45, 2.75) is 38.3 Å². The van der Waals surface area contributed by atoms with Gasteiger partial charge in [-0.3, -0.25) is 4.99 Å². The number of likely N-dealkylation sites (N-methyl/N-ethyl adjacent to an activating group) is 1. The summed E-state index contributed by atoms with van der Waals surface area (Å²) >= 11 is 0. The van der Waals surface area contributed by atoms with Gasteiger partial charge in [0.1, 0.15) is 6.10 Å². The van der Waals surface area contributed by atoms with Crippen molar-refractivity contribution in [2.24, 2.45) is 4.99 Å². The van der Waals surface area contributed by atoms with E-state index in [1.807, 2.05) is 13.8 Å². The highest BCUT2D eigenvalue weighted by Gasteiger charge is 2.34. The van der Waals surface area contributed by atoms with Crippen molar-refractivity contribution in [3.05, 3.63) is 30.1 Å². The van der Waals surface area contributed by atoms with Gasteiger partial charge >= 0.3 is 0 Å². The lowest BCUT2D eigenvalue weighted by Crippen LogP contribution is -2.52. The maximum Gasteiger partial charge on any atom is 0.191 e. The molecule has 1 aliphatic rings. The molecule has 2 N–H and O–H groups in total. The molecule has 1 aromatic carbocycles. The van der Waals surface area contributed by atoms with Gasteiger partial charge in [0, 0.05) is 25.3 Å². The molecule has 160 valence electrons. The normalized spacial score (nSPS) is 17.6. The van der Waals surface area contributed by atoms with Crippen molar-refractivity contribution in [2.75, 3.05) is 46.9 Å². The molecule has 0 radical (unpaired) electrons. The molecule has 2 rings (SSSR count). The second-order valence-corrected chi connectivity index (χ2v) is 7.17. The number of aliphatic imine (C=N–C) groups is 1. The van der Waals surface area contributed by atoms with E-state index in [1.165, 1.54) is 6.07 Å². The van der Waals surface area contributed by atoms with E-state index in [4.69, 9.17) is 14.5 Å². The number of para-hydroxylation sites is 1. The van der Waals surface area contributed by atoms with Gasteiger partial charge in [-0.15, -0.1) is 24.0 Å². The molecular formula is C20H34FIN4O2. The van der Waals surface area contributed by atoms with E-state index in [0.29, 0.717) is 13.1 Å². The van der Waals surface area contributed by atoms with Crippen molar-refractivity contribution in [1.29, 1.82) is 0 Å². The average Bonchev–Trinajstić information content (AvgIpc) is 2.66. The topological polar surface area (TPSA) is 58.1 Å². The molecule has 1 unspecified atom stereocenters. The SMILES string of the molecule is CCNC(=NCC1(N(C)C)CCOCC1)NCC(C)Oc1ccccc1F.I. The second-order valence-electron chi connectivity index (χ2n) is 7.17. The van der Waals surface area contributed by atoms with Crippen LogP contribution in [-0.4, -0.2) is 69.4 Å². The third kappa shape index (κ3) is 7.36. The zero-order chi connectivity index (χ0) is 19.7. The first-order valence-corrected chi connectivity index (χ1v) is 9.65. The van der Waals surface area contributed by atoms with Crippen LogP contribution in [0.1, 0.15) is 26.7 Å². The zero-order valence-electron chi connectivity index (χ0n) is 17.3. The van der Waals surface area contributed by atoms with E-state index in [1.54, 1.807) is 18.2 Å². The third-order valence-corrected chi connectivity index (χ3v) is 4.97. The van der Waals surface area contributed by atoms with Crippen LogP contribution >= 0.6 is 24.0 Å². The number of guanidine groups is 1. The number of hydrogen-bond acceptors (Lipinski definition) is 4. The van der Waals surface area contributed by atoms with Gasteiger partial charge in [0.05, 0.1) is 13.1 Å². The lowest BCUT2D eigenvalue weighted by molar-refractivity contribution is -0.00255. The Balaban J connectivity index is 0.00000392. The molecule has 0 bridgehead atoms. The molecule has 28 heavy (non-hydrogen) atoms. The zero-order valence-corrected chi connectivity index (χ0v) is 19.7. The van der Waals surface area contributed by atoms with E-state index in [0.717, 1.165) is 38.6 Å². The van der Waals surface area contributed by atoms with Crippen molar-refractivity contribution in [1.82, 2.24) is 15.5 Å². The lowest BCUT2D eigenvalue weighted by Gasteiger charge is -2.41. The minimum atomic E-state index is -0.350. The van der Waals surface area contributed by atoms with E-state index in [9.17, 15) is 4.39 Å². The molecule has 0 amide bonds. The molecule has 0 saturated carbocycles. The first-order valence-electron chi connectivity index (χ1n) is 9.65. The predicted octanol–water partition coefficient (Wildman–Crippen LogP) is 2.88. The molecule has 1 aliphatic heterocycles. The Kier molecular flexibility index (Phi) is 11.1. The number of nitrogens with one attached hydrogen (secondary N) is 2. The fourth-order valence-electron chi connectivity index (χ4n) is 3.11. The van der Waals surface area contributed by atoms with Crippen LogP contribution in [0.2, 0.25) is 0 Å². The van der Waals surface area contributed by atoms with Gasteiger partial charge in [-0.2, -0.15) is 0 Å². The Labute approximate surface area is 185 Å². The molecule has 1 aromatic rings. The number of hydrogen-bond donors (Lipinski definition) is 2. The molecule has 0 aromatic heterocycles. The average molecular weight is 508 g/mol. The van der Waals surface area contributed by atoms with Crippen molar-refractivity contribution < 1.29 is 13.9 Å². The fourth-order valence-corrected chi connectivity index (χ4v) is 3.11. The van der Waals surface area contributed by atoms with Crippen LogP contribution in [0.3, 0.4) is 0 Å². The van der Waals surface area contributed by atoms with Gasteiger partial charge in [0.25, 0.3) is 0 Å². The number of benzene rings is 1. The lowest BCUT2D eigenvalue weighted by atomic mass is 9.89. The molecule has 1 heterocycles. The van der Waals surface area contributed by atoms with Gasteiger partial charge in [-0.25, -0.2) is 4.39 Å². The van der Waals surface area contributed by atoms with Gasteiger partial charge < -0.3 is 25.0 Å². The smallest absolute Gasteiger partial charge is 0.191 e. The van der Waals surface area contributed by atoms with Crippen molar-refractivity contribution >= 4 is 29.9 Å². The summed E-state index contributed by atoms with van der Waals surface area (Å²) in [5.74, 6) is 0.661. The minimum absolute atomic E-state index is 0. The summed E-state index contributed by atoms with van der Waals surface area (Å²) in [7, 11) is 4.21. The molecular weight excluding hydrogens is 474 g/mol. The molecule has 0 aliphatic carbocycles. The first-order chi connectivity index (χ1) is 13.0. The Morgan fingerprint density at radius 1 is 1.29 bits per heavy atom. The highest BCUT2D eigenvalue weighted by molar-refractivity contribution is 14.0. The highest BCUT2D eigenvalue weighted by atomic mass is 127. The fraction of sp³-hybridized carbons (Fsp3) is 0.650. The van der Waals surface area contributed by atoms with Crippen LogP contribution in [-0.2, 0) is 4.74 Å². The number of halogens is 2. The Morgan fingerprint density at radius 3 is 2.57 bits per heavy atom. The summed E-state index contributed by atoms with van der Waals surface area (Å²) < 4.78 is 24.9. The van der Waals surface area contributed by atoms with Crippen LogP contribution in [0.15, 0.2) is 29.3 Å². The number of ether oxygens (including phenoxy) is 2. The number of rotatable bonds is 8. The maximum atomic E-state index is 13.7. The van der Waals surface area contributed by atoms with Crippen molar-refractivity contribution in [3.63, 3.8) is 0 Å². The molecule has 1 saturated heterocycles. The molecule has 1 fully saturated rings. The summed E-state index contributed by atoms with van der Waals surface area (Å²) in [6.07, 6.45) is 1.74. The van der Waals surface area contributed by atoms with E-state index in [-0.39, 0.29) is 47.2 Å². The summed E-state index contributed by atoms with van der Waals surface area (Å²) in [4.78, 5) is 7.05. The maximum absolute atomic E-state index is 13.7. The summed E-state index contributed by atoms with van der Waals surface area (Å²) in [6, 6.07) is 6.45. The molecule has 1 atom stereocenters. The van der Waals surface area contributed by atoms with Crippen LogP contribution < -0.4 is 15.4 Å². The van der Waals surface area contributed by atoms with Gasteiger partial charge in [-0.05, 0) is 52.9 Å². The molecule has 0 spiro atoms. The first kappa shape index (κ1) is 24.9. The minimum Gasteiger partial charge on any atom is -0.486 e. The van der Waals surface area contributed by atoms with Gasteiger partial charge in [0.2, 0.25) is 0 Å². The quantitative estimate of drug-likeness (QED) is 0.322. The summed E-state index contributed by atoms with van der Waals surface area (Å²) in [5.41, 5.74) is 0.0237. The standard InChI is InChI=1S/C20H33FN4O2.HI/c1-5-22-19(24-15-20(25(3)4)10-12-26-13-11-20)23-14-16(2)27-18-9-7-6-8-17(18)21;/h6-9,16H,5,10-15H2,1-4H3,(H2,22,23,24);1H. The van der Waals surface area contributed by atoms with E-state index < -0.39 is 0 Å². The largest absolute Gasteiger partial charge is 0.486 e. The molecule has 6 nitrogen and oxygen atoms in total. The molecule has 8 heteroatoms. The predicted molar refractivity (Wildman–Crippen MR) is 122 cm³/mol. The Morgan fingerprint density at radius 2 is 1.96 bits per heavy atom. The summed E-state index contributed by atoms with van der Waals surface area (Å²) in [5, 5.41) is 6.57. The summed E-state index contributed by atoms with van der Waals surface area (Å²) in [6.45, 7) is 7.47. The second kappa shape index (κ2) is 12.4. The number of nitrogens with zero attached hydrogens (tertiary/aromatic N) is 2. The van der Waals surface area contributed by atoms with Crippen LogP contribution in [0, 0.1) is 5.82 Å². The monoisotopic (exact) mass is 508 g/mol. The highest BCUT2D eigenvalue weighted by Crippen LogP contribution is 2.26. The van der Waals surface area contributed by atoms with E-state index >= 15 is 0 Å². The van der Waals surface area contributed by atoms with Gasteiger partial charge in [0.15, 0.2) is 17.5 Å². The Bertz CT molecular complexity index is 610. The Hall–Kier alpha value is -1.13. The third-order valence-electron chi connectivity index (χ3n) is 4.97. The van der Waals surface area contributed by atoms with E-state index in [2.05, 4.69) is 29.6 Å². The van der Waals surface area contributed by atoms with Crippen molar-refractivity contribution in [3.8, 4) is 5.75 Å². The van der Waals surface area contributed by atoms with Crippen LogP contribution in [0.25, 0.3) is 0 Å². The van der Waals surface area contributed by atoms with Crippen LogP contribution in [0.5, 0.6) is 5.75 Å².